The fraction of sp³-hybridized carbons (Fsp3) is 0.244. The van der Waals surface area contributed by atoms with Gasteiger partial charge in [-0.2, -0.15) is 0 Å². The van der Waals surface area contributed by atoms with Crippen LogP contribution in [0.1, 0.15) is 44.0 Å². The second kappa shape index (κ2) is 15.2. The molecule has 0 radical (unpaired) electrons. The molecule has 1 atom stereocenters. The standard InChI is InChI=1S/C41H40N4O8/c1-49-34-18-29-28-15-16-45(23-38(28)53-33(29)21-37(34)52-4)39(46)14-11-24-9-12-27(13-10-24)43-41(48)30-19-35(50-2)36(51-3)20-32(30)44-40(47)26-17-25-7-5-6-8-31(25)42-22-26/h5-10,12-13,17-22,39,46H,11,14-16,23H2,1-4H3,(H,43,48)(H,44,47). The normalized spacial score (nSPS) is 13.3. The molecule has 1 aliphatic heterocycles. The van der Waals surface area contributed by atoms with E-state index in [4.69, 9.17) is 23.4 Å². The fourth-order valence-corrected chi connectivity index (χ4v) is 6.69. The number of aryl methyl sites for hydroxylation is 1. The number of benzene rings is 4. The highest BCUT2D eigenvalue weighted by Crippen LogP contribution is 2.39. The number of anilines is 2. The molecule has 0 bridgehead atoms. The van der Waals surface area contributed by atoms with Gasteiger partial charge in [0.1, 0.15) is 17.6 Å². The van der Waals surface area contributed by atoms with E-state index in [9.17, 15) is 14.7 Å². The molecule has 6 aromatic rings. The number of amides is 2. The molecule has 4 aromatic carbocycles. The minimum atomic E-state index is -0.663. The third-order valence-corrected chi connectivity index (χ3v) is 9.57. The summed E-state index contributed by atoms with van der Waals surface area (Å²) >= 11 is 0. The van der Waals surface area contributed by atoms with E-state index < -0.39 is 18.0 Å². The molecular weight excluding hydrogens is 676 g/mol. The maximum Gasteiger partial charge on any atom is 0.257 e. The number of methoxy groups -OCH3 is 4. The monoisotopic (exact) mass is 716 g/mol. The zero-order valence-corrected chi connectivity index (χ0v) is 29.9. The molecule has 0 spiro atoms. The van der Waals surface area contributed by atoms with Crippen molar-refractivity contribution >= 4 is 45.1 Å². The summed E-state index contributed by atoms with van der Waals surface area (Å²) in [5.41, 5.74) is 4.98. The van der Waals surface area contributed by atoms with E-state index in [1.165, 1.54) is 26.5 Å². The van der Waals surface area contributed by atoms with Crippen LogP contribution in [0.15, 0.2) is 89.5 Å². The van der Waals surface area contributed by atoms with Crippen molar-refractivity contribution in [2.45, 2.75) is 32.0 Å². The number of ether oxygens (including phenoxy) is 4. The highest BCUT2D eigenvalue weighted by atomic mass is 16.5. The van der Waals surface area contributed by atoms with Gasteiger partial charge in [-0.3, -0.25) is 19.5 Å². The molecule has 2 amide bonds. The Morgan fingerprint density at radius 3 is 2.30 bits per heavy atom. The highest BCUT2D eigenvalue weighted by Gasteiger charge is 2.27. The maximum atomic E-state index is 13.6. The number of fused-ring (bicyclic) bond motifs is 4. The molecule has 3 heterocycles. The number of hydrogen-bond donors (Lipinski definition) is 3. The molecule has 7 rings (SSSR count). The fourth-order valence-electron chi connectivity index (χ4n) is 6.69. The number of aliphatic hydroxyl groups is 1. The first-order chi connectivity index (χ1) is 25.8. The summed E-state index contributed by atoms with van der Waals surface area (Å²) in [5.74, 6) is 1.91. The molecular formula is C41H40N4O8. The van der Waals surface area contributed by atoms with Crippen LogP contribution in [-0.2, 0) is 19.4 Å². The lowest BCUT2D eigenvalue weighted by molar-refractivity contribution is -0.0151. The third kappa shape index (κ3) is 7.32. The number of rotatable bonds is 12. The predicted molar refractivity (Wildman–Crippen MR) is 201 cm³/mol. The van der Waals surface area contributed by atoms with Crippen molar-refractivity contribution in [3.8, 4) is 23.0 Å². The lowest BCUT2D eigenvalue weighted by Crippen LogP contribution is -2.39. The van der Waals surface area contributed by atoms with Gasteiger partial charge in [0.05, 0.1) is 57.3 Å². The van der Waals surface area contributed by atoms with Crippen molar-refractivity contribution < 1.29 is 38.1 Å². The number of carbonyl (C=O) groups is 2. The largest absolute Gasteiger partial charge is 0.493 e. The molecule has 2 aromatic heterocycles. The van der Waals surface area contributed by atoms with Crippen molar-refractivity contribution in [2.24, 2.45) is 0 Å². The molecule has 0 saturated carbocycles. The van der Waals surface area contributed by atoms with E-state index in [-0.39, 0.29) is 11.3 Å². The Hall–Kier alpha value is -6.11. The Bertz CT molecular complexity index is 2300. The SMILES string of the molecule is COc1cc(NC(=O)c2cnc3ccccc3c2)c(C(=O)Nc2ccc(CCC(O)N3CCc4c(oc5cc(OC)c(OC)cc45)C3)cc2)cc1OC. The van der Waals surface area contributed by atoms with Crippen molar-refractivity contribution in [3.63, 3.8) is 0 Å². The number of pyridine rings is 1. The predicted octanol–water partition coefficient (Wildman–Crippen LogP) is 6.83. The van der Waals surface area contributed by atoms with Crippen molar-refractivity contribution in [1.82, 2.24) is 9.88 Å². The number of nitrogens with one attached hydrogen (secondary N) is 2. The summed E-state index contributed by atoms with van der Waals surface area (Å²) in [6.45, 7) is 1.19. The minimum absolute atomic E-state index is 0.185. The number of furan rings is 1. The second-order valence-corrected chi connectivity index (χ2v) is 12.7. The summed E-state index contributed by atoms with van der Waals surface area (Å²) in [6.07, 6.45) is 2.73. The van der Waals surface area contributed by atoms with Gasteiger partial charge < -0.3 is 39.1 Å². The average Bonchev–Trinajstić information content (AvgIpc) is 3.55. The molecule has 1 unspecified atom stereocenters. The first-order valence-electron chi connectivity index (χ1n) is 17.2. The number of aliphatic hydroxyl groups excluding tert-OH is 1. The van der Waals surface area contributed by atoms with Crippen LogP contribution in [0, 0.1) is 0 Å². The van der Waals surface area contributed by atoms with Crippen LogP contribution in [0.2, 0.25) is 0 Å². The average molecular weight is 717 g/mol. The summed E-state index contributed by atoms with van der Waals surface area (Å²) in [6, 6.07) is 23.6. The zero-order valence-electron chi connectivity index (χ0n) is 29.9. The van der Waals surface area contributed by atoms with E-state index in [1.807, 2.05) is 65.6 Å². The lowest BCUT2D eigenvalue weighted by Gasteiger charge is -2.30. The van der Waals surface area contributed by atoms with Gasteiger partial charge in [-0.05, 0) is 61.2 Å². The number of para-hydroxylation sites is 1. The first-order valence-corrected chi connectivity index (χ1v) is 17.2. The van der Waals surface area contributed by atoms with E-state index >= 15 is 0 Å². The van der Waals surface area contributed by atoms with E-state index in [0.29, 0.717) is 60.2 Å². The Balaban J connectivity index is 0.997. The van der Waals surface area contributed by atoms with Crippen molar-refractivity contribution in [3.05, 3.63) is 113 Å². The lowest BCUT2D eigenvalue weighted by atomic mass is 10.0. The Kier molecular flexibility index (Phi) is 10.2. The van der Waals surface area contributed by atoms with Gasteiger partial charge in [0.15, 0.2) is 23.0 Å². The molecule has 1 aliphatic rings. The molecule has 12 heteroatoms. The van der Waals surface area contributed by atoms with Gasteiger partial charge >= 0.3 is 0 Å². The number of aromatic nitrogens is 1. The van der Waals surface area contributed by atoms with Crippen LogP contribution in [0.25, 0.3) is 21.9 Å². The zero-order chi connectivity index (χ0) is 37.1. The van der Waals surface area contributed by atoms with Gasteiger partial charge in [0.2, 0.25) is 0 Å². The quantitative estimate of drug-likeness (QED) is 0.123. The van der Waals surface area contributed by atoms with Gasteiger partial charge in [-0.1, -0.05) is 30.3 Å². The maximum absolute atomic E-state index is 13.6. The summed E-state index contributed by atoms with van der Waals surface area (Å²) in [7, 11) is 6.17. The summed E-state index contributed by atoms with van der Waals surface area (Å²) in [4.78, 5) is 33.4. The van der Waals surface area contributed by atoms with Crippen LogP contribution < -0.4 is 29.6 Å². The van der Waals surface area contributed by atoms with Crippen LogP contribution in [-0.4, -0.2) is 68.0 Å². The smallest absolute Gasteiger partial charge is 0.257 e. The van der Waals surface area contributed by atoms with E-state index in [1.54, 1.807) is 26.4 Å². The first kappa shape index (κ1) is 35.3. The Morgan fingerprint density at radius 2 is 1.55 bits per heavy atom. The minimum Gasteiger partial charge on any atom is -0.493 e. The molecule has 272 valence electrons. The summed E-state index contributed by atoms with van der Waals surface area (Å²) in [5, 5.41) is 18.7. The van der Waals surface area contributed by atoms with Gasteiger partial charge in [0, 0.05) is 46.9 Å². The van der Waals surface area contributed by atoms with Gasteiger partial charge in [-0.25, -0.2) is 0 Å². The molecule has 3 N–H and O–H groups in total. The van der Waals surface area contributed by atoms with Gasteiger partial charge in [-0.15, -0.1) is 0 Å². The van der Waals surface area contributed by atoms with Crippen LogP contribution in [0.4, 0.5) is 11.4 Å². The Morgan fingerprint density at radius 1 is 0.849 bits per heavy atom. The van der Waals surface area contributed by atoms with Crippen molar-refractivity contribution in [2.75, 3.05) is 45.6 Å². The molecule has 0 saturated heterocycles. The number of hydrogen-bond acceptors (Lipinski definition) is 10. The molecule has 0 fully saturated rings. The summed E-state index contributed by atoms with van der Waals surface area (Å²) < 4.78 is 28.0. The van der Waals surface area contributed by atoms with E-state index in [2.05, 4.69) is 15.6 Å². The van der Waals surface area contributed by atoms with Crippen molar-refractivity contribution in [1.29, 1.82) is 0 Å². The number of nitrogens with zero attached hydrogens (tertiary/aromatic N) is 2. The van der Waals surface area contributed by atoms with Crippen LogP contribution in [0.5, 0.6) is 23.0 Å². The second-order valence-electron chi connectivity index (χ2n) is 12.7. The van der Waals surface area contributed by atoms with Gasteiger partial charge in [0.25, 0.3) is 11.8 Å². The Labute approximate surface area is 306 Å². The number of carbonyl (C=O) groups excluding carboxylic acids is 2. The van der Waals surface area contributed by atoms with Crippen LogP contribution in [0.3, 0.4) is 0 Å². The third-order valence-electron chi connectivity index (χ3n) is 9.57. The highest BCUT2D eigenvalue weighted by molar-refractivity contribution is 6.13. The molecule has 12 nitrogen and oxygen atoms in total. The molecule has 0 aliphatic carbocycles. The topological polar surface area (TPSA) is 145 Å². The van der Waals surface area contributed by atoms with E-state index in [0.717, 1.165) is 45.2 Å². The molecule has 53 heavy (non-hydrogen) atoms. The van der Waals surface area contributed by atoms with Crippen LogP contribution >= 0.6 is 0 Å².